The van der Waals surface area contributed by atoms with Crippen LogP contribution in [0.4, 0.5) is 5.82 Å². The standard InChI is InChI=1S/C23H27N3O5/c1-6-28-19-11-9-17(13-20(19)29-7-2)21-22(26-31-25-21)24-23(27)16(5)30-18-10-8-14(3)15(4)12-18/h8-13,16H,6-7H2,1-5H3,(H,24,26,27)/t16-/m0/s1. The normalized spacial score (nSPS) is 11.6. The zero-order valence-corrected chi connectivity index (χ0v) is 18.4. The summed E-state index contributed by atoms with van der Waals surface area (Å²) in [6, 6.07) is 11.1. The van der Waals surface area contributed by atoms with E-state index in [1.165, 1.54) is 0 Å². The summed E-state index contributed by atoms with van der Waals surface area (Å²) in [5.74, 6) is 1.66. The molecule has 3 rings (SSSR count). The Balaban J connectivity index is 1.76. The minimum Gasteiger partial charge on any atom is -0.490 e. The van der Waals surface area contributed by atoms with E-state index in [1.807, 2.05) is 45.9 Å². The number of benzene rings is 2. The molecule has 0 radical (unpaired) electrons. The first-order valence-electron chi connectivity index (χ1n) is 10.2. The van der Waals surface area contributed by atoms with E-state index in [2.05, 4.69) is 15.6 Å². The van der Waals surface area contributed by atoms with Crippen molar-refractivity contribution in [3.63, 3.8) is 0 Å². The summed E-state index contributed by atoms with van der Waals surface area (Å²) in [5, 5.41) is 10.5. The lowest BCUT2D eigenvalue weighted by Gasteiger charge is -2.15. The first kappa shape index (κ1) is 22.1. The van der Waals surface area contributed by atoms with E-state index in [9.17, 15) is 4.79 Å². The van der Waals surface area contributed by atoms with E-state index in [-0.39, 0.29) is 11.7 Å². The number of carbonyl (C=O) groups is 1. The van der Waals surface area contributed by atoms with Gasteiger partial charge in [-0.1, -0.05) is 6.07 Å². The van der Waals surface area contributed by atoms with Gasteiger partial charge in [-0.05, 0) is 86.4 Å². The number of amides is 1. The summed E-state index contributed by atoms with van der Waals surface area (Å²) in [6.07, 6.45) is -0.744. The van der Waals surface area contributed by atoms with Gasteiger partial charge in [0.25, 0.3) is 5.91 Å². The van der Waals surface area contributed by atoms with Crippen LogP contribution in [0.1, 0.15) is 31.9 Å². The number of hydrogen-bond donors (Lipinski definition) is 1. The molecule has 0 aliphatic heterocycles. The number of aromatic nitrogens is 2. The highest BCUT2D eigenvalue weighted by Gasteiger charge is 2.21. The number of nitrogens with one attached hydrogen (secondary N) is 1. The maximum absolute atomic E-state index is 12.7. The fraction of sp³-hybridized carbons (Fsp3) is 0.348. The quantitative estimate of drug-likeness (QED) is 0.537. The molecule has 31 heavy (non-hydrogen) atoms. The van der Waals surface area contributed by atoms with Crippen molar-refractivity contribution in [1.29, 1.82) is 0 Å². The third kappa shape index (κ3) is 5.33. The molecule has 1 aromatic heterocycles. The summed E-state index contributed by atoms with van der Waals surface area (Å²) in [6.45, 7) is 10.5. The lowest BCUT2D eigenvalue weighted by Crippen LogP contribution is -2.30. The summed E-state index contributed by atoms with van der Waals surface area (Å²) >= 11 is 0. The Bertz CT molecular complexity index is 1050. The first-order valence-corrected chi connectivity index (χ1v) is 10.2. The molecule has 3 aromatic rings. The molecule has 0 fully saturated rings. The predicted molar refractivity (Wildman–Crippen MR) is 117 cm³/mol. The van der Waals surface area contributed by atoms with Gasteiger partial charge >= 0.3 is 0 Å². The highest BCUT2D eigenvalue weighted by atomic mass is 16.6. The minimum atomic E-state index is -0.744. The molecule has 0 spiro atoms. The third-order valence-electron chi connectivity index (χ3n) is 4.71. The van der Waals surface area contributed by atoms with Gasteiger partial charge in [-0.3, -0.25) is 4.79 Å². The average Bonchev–Trinajstić information content (AvgIpc) is 3.20. The van der Waals surface area contributed by atoms with E-state index >= 15 is 0 Å². The van der Waals surface area contributed by atoms with Crippen LogP contribution in [0.5, 0.6) is 17.2 Å². The van der Waals surface area contributed by atoms with Crippen molar-refractivity contribution in [2.75, 3.05) is 18.5 Å². The second-order valence-electron chi connectivity index (χ2n) is 6.98. The van der Waals surface area contributed by atoms with Crippen molar-refractivity contribution in [1.82, 2.24) is 10.3 Å². The monoisotopic (exact) mass is 425 g/mol. The fourth-order valence-electron chi connectivity index (χ4n) is 2.92. The number of carbonyl (C=O) groups excluding carboxylic acids is 1. The van der Waals surface area contributed by atoms with Crippen LogP contribution < -0.4 is 19.5 Å². The van der Waals surface area contributed by atoms with E-state index < -0.39 is 6.10 Å². The molecule has 0 bridgehead atoms. The van der Waals surface area contributed by atoms with Gasteiger partial charge in [-0.2, -0.15) is 0 Å². The molecular weight excluding hydrogens is 398 g/mol. The Kier molecular flexibility index (Phi) is 7.12. The Morgan fingerprint density at radius 1 is 1.00 bits per heavy atom. The largest absolute Gasteiger partial charge is 0.490 e. The van der Waals surface area contributed by atoms with Crippen molar-refractivity contribution in [3.8, 4) is 28.5 Å². The van der Waals surface area contributed by atoms with Crippen LogP contribution in [-0.4, -0.2) is 35.5 Å². The lowest BCUT2D eigenvalue weighted by molar-refractivity contribution is -0.122. The SMILES string of the molecule is CCOc1ccc(-c2nonc2NC(=O)[C@H](C)Oc2ccc(C)c(C)c2)cc1OCC. The van der Waals surface area contributed by atoms with Crippen molar-refractivity contribution in [2.24, 2.45) is 0 Å². The Labute approximate surface area is 181 Å². The lowest BCUT2D eigenvalue weighted by atomic mass is 10.1. The number of nitrogens with zero attached hydrogens (tertiary/aromatic N) is 2. The van der Waals surface area contributed by atoms with Gasteiger partial charge in [0.05, 0.1) is 13.2 Å². The van der Waals surface area contributed by atoms with E-state index in [4.69, 9.17) is 18.8 Å². The molecule has 2 aromatic carbocycles. The number of aryl methyl sites for hydroxylation is 2. The van der Waals surface area contributed by atoms with Crippen LogP contribution in [0.3, 0.4) is 0 Å². The highest BCUT2D eigenvalue weighted by Crippen LogP contribution is 2.34. The highest BCUT2D eigenvalue weighted by molar-refractivity contribution is 5.96. The van der Waals surface area contributed by atoms with Crippen molar-refractivity contribution < 1.29 is 23.6 Å². The van der Waals surface area contributed by atoms with Gasteiger partial charge in [0.15, 0.2) is 23.3 Å². The third-order valence-corrected chi connectivity index (χ3v) is 4.71. The smallest absolute Gasteiger partial charge is 0.266 e. The van der Waals surface area contributed by atoms with Crippen molar-refractivity contribution in [2.45, 2.75) is 40.7 Å². The Morgan fingerprint density at radius 3 is 2.45 bits per heavy atom. The molecule has 164 valence electrons. The zero-order chi connectivity index (χ0) is 22.4. The van der Waals surface area contributed by atoms with Crippen molar-refractivity contribution >= 4 is 11.7 Å². The first-order chi connectivity index (χ1) is 14.9. The van der Waals surface area contributed by atoms with Crippen molar-refractivity contribution in [3.05, 3.63) is 47.5 Å². The fourth-order valence-corrected chi connectivity index (χ4v) is 2.92. The Hall–Kier alpha value is -3.55. The molecule has 1 atom stereocenters. The molecule has 0 unspecified atom stereocenters. The van der Waals surface area contributed by atoms with Crippen LogP contribution >= 0.6 is 0 Å². The number of ether oxygens (including phenoxy) is 3. The maximum Gasteiger partial charge on any atom is 0.266 e. The summed E-state index contributed by atoms with van der Waals surface area (Å²) in [7, 11) is 0. The van der Waals surface area contributed by atoms with E-state index in [1.54, 1.807) is 25.1 Å². The summed E-state index contributed by atoms with van der Waals surface area (Å²) in [5.41, 5.74) is 3.31. The van der Waals surface area contributed by atoms with Gasteiger partial charge in [0.1, 0.15) is 5.75 Å². The van der Waals surface area contributed by atoms with Crippen LogP contribution in [0, 0.1) is 13.8 Å². The molecule has 1 N–H and O–H groups in total. The average molecular weight is 425 g/mol. The number of rotatable bonds is 9. The predicted octanol–water partition coefficient (Wildman–Crippen LogP) is 4.56. The van der Waals surface area contributed by atoms with Gasteiger partial charge < -0.3 is 19.5 Å². The van der Waals surface area contributed by atoms with E-state index in [0.717, 1.165) is 11.1 Å². The molecule has 8 heteroatoms. The van der Waals surface area contributed by atoms with E-state index in [0.29, 0.717) is 41.7 Å². The molecule has 0 saturated heterocycles. The summed E-state index contributed by atoms with van der Waals surface area (Å²) in [4.78, 5) is 12.7. The molecule has 0 aliphatic rings. The van der Waals surface area contributed by atoms with Gasteiger partial charge in [-0.25, -0.2) is 4.63 Å². The number of anilines is 1. The molecule has 0 saturated carbocycles. The molecule has 1 amide bonds. The van der Waals surface area contributed by atoms with Crippen LogP contribution in [0.25, 0.3) is 11.3 Å². The zero-order valence-electron chi connectivity index (χ0n) is 18.4. The summed E-state index contributed by atoms with van der Waals surface area (Å²) < 4.78 is 21.9. The molecule has 1 heterocycles. The second kappa shape index (κ2) is 9.97. The van der Waals surface area contributed by atoms with Crippen LogP contribution in [0.15, 0.2) is 41.0 Å². The topological polar surface area (TPSA) is 95.7 Å². The molecule has 0 aliphatic carbocycles. The molecule has 8 nitrogen and oxygen atoms in total. The second-order valence-corrected chi connectivity index (χ2v) is 6.98. The minimum absolute atomic E-state index is 0.201. The van der Waals surface area contributed by atoms with Crippen LogP contribution in [0.2, 0.25) is 0 Å². The number of hydrogen-bond acceptors (Lipinski definition) is 7. The molecular formula is C23H27N3O5. The van der Waals surface area contributed by atoms with Gasteiger partial charge in [0, 0.05) is 5.56 Å². The van der Waals surface area contributed by atoms with Crippen LogP contribution in [-0.2, 0) is 4.79 Å². The maximum atomic E-state index is 12.7. The Morgan fingerprint density at radius 2 is 1.74 bits per heavy atom. The van der Waals surface area contributed by atoms with Gasteiger partial charge in [-0.15, -0.1) is 0 Å². The van der Waals surface area contributed by atoms with Gasteiger partial charge in [0.2, 0.25) is 5.82 Å².